The lowest BCUT2D eigenvalue weighted by molar-refractivity contribution is 0.398. The number of hydrogen-bond donors (Lipinski definition) is 2. The van der Waals surface area contributed by atoms with Crippen LogP contribution in [0.15, 0.2) is 23.1 Å². The third-order valence-corrected chi connectivity index (χ3v) is 4.84. The zero-order valence-corrected chi connectivity index (χ0v) is 12.4. The summed E-state index contributed by atoms with van der Waals surface area (Å²) in [6.45, 7) is 5.27. The van der Waals surface area contributed by atoms with Crippen molar-refractivity contribution in [3.8, 4) is 0 Å². The highest BCUT2D eigenvalue weighted by Crippen LogP contribution is 2.14. The van der Waals surface area contributed by atoms with E-state index in [4.69, 9.17) is 0 Å². The molecule has 1 fully saturated rings. The molecule has 1 unspecified atom stereocenters. The fourth-order valence-electron chi connectivity index (χ4n) is 2.48. The molecule has 106 valence electrons. The van der Waals surface area contributed by atoms with E-state index in [-0.39, 0.29) is 6.04 Å². The summed E-state index contributed by atoms with van der Waals surface area (Å²) in [5.74, 6) is 0. The van der Waals surface area contributed by atoms with Crippen LogP contribution in [0.2, 0.25) is 0 Å². The zero-order valence-electron chi connectivity index (χ0n) is 11.6. The van der Waals surface area contributed by atoms with Gasteiger partial charge in [-0.15, -0.1) is 0 Å². The molecule has 0 bridgehead atoms. The molecule has 2 rings (SSSR count). The van der Waals surface area contributed by atoms with E-state index in [2.05, 4.69) is 10.0 Å². The highest BCUT2D eigenvalue weighted by molar-refractivity contribution is 7.89. The van der Waals surface area contributed by atoms with Gasteiger partial charge in [0.2, 0.25) is 10.0 Å². The lowest BCUT2D eigenvalue weighted by Gasteiger charge is -2.23. The summed E-state index contributed by atoms with van der Waals surface area (Å²) in [6, 6.07) is 5.66. The average Bonchev–Trinajstić information content (AvgIpc) is 2.37. The van der Waals surface area contributed by atoms with E-state index in [0.29, 0.717) is 11.4 Å². The van der Waals surface area contributed by atoms with Gasteiger partial charge in [0, 0.05) is 12.6 Å². The van der Waals surface area contributed by atoms with Crippen molar-refractivity contribution in [3.05, 3.63) is 29.3 Å². The molecule has 0 aliphatic carbocycles. The Hall–Kier alpha value is -0.910. The first-order valence-electron chi connectivity index (χ1n) is 6.79. The molecule has 1 aromatic rings. The van der Waals surface area contributed by atoms with Crippen LogP contribution in [-0.4, -0.2) is 27.5 Å². The van der Waals surface area contributed by atoms with Crippen molar-refractivity contribution in [2.45, 2.75) is 44.0 Å². The SMILES string of the molecule is Cc1cc(C)cc(S(=O)(=O)NCC2CCCCN2)c1. The van der Waals surface area contributed by atoms with E-state index in [1.54, 1.807) is 12.1 Å². The fraction of sp³-hybridized carbons (Fsp3) is 0.571. The number of piperidine rings is 1. The molecule has 0 saturated carbocycles. The molecule has 1 atom stereocenters. The summed E-state index contributed by atoms with van der Waals surface area (Å²) < 4.78 is 27.2. The molecule has 1 heterocycles. The van der Waals surface area contributed by atoms with Crippen LogP contribution in [-0.2, 0) is 10.0 Å². The van der Waals surface area contributed by atoms with E-state index in [1.807, 2.05) is 19.9 Å². The van der Waals surface area contributed by atoms with Crippen LogP contribution < -0.4 is 10.0 Å². The van der Waals surface area contributed by atoms with Gasteiger partial charge >= 0.3 is 0 Å². The van der Waals surface area contributed by atoms with Gasteiger partial charge in [-0.2, -0.15) is 0 Å². The van der Waals surface area contributed by atoms with Gasteiger partial charge in [-0.3, -0.25) is 0 Å². The Labute approximate surface area is 115 Å². The number of hydrogen-bond acceptors (Lipinski definition) is 3. The second-order valence-corrected chi connectivity index (χ2v) is 7.09. The monoisotopic (exact) mass is 282 g/mol. The van der Waals surface area contributed by atoms with Gasteiger partial charge in [0.15, 0.2) is 0 Å². The molecular weight excluding hydrogens is 260 g/mol. The number of rotatable bonds is 4. The van der Waals surface area contributed by atoms with E-state index in [0.717, 1.165) is 24.1 Å². The van der Waals surface area contributed by atoms with Gasteiger partial charge in [-0.25, -0.2) is 13.1 Å². The van der Waals surface area contributed by atoms with Crippen molar-refractivity contribution < 1.29 is 8.42 Å². The van der Waals surface area contributed by atoms with Gasteiger partial charge in [-0.1, -0.05) is 12.5 Å². The minimum absolute atomic E-state index is 0.259. The van der Waals surface area contributed by atoms with E-state index in [9.17, 15) is 8.42 Å². The lowest BCUT2D eigenvalue weighted by atomic mass is 10.1. The minimum atomic E-state index is -3.39. The Morgan fingerprint density at radius 1 is 1.21 bits per heavy atom. The first-order valence-corrected chi connectivity index (χ1v) is 8.27. The molecule has 1 aromatic carbocycles. The highest BCUT2D eigenvalue weighted by atomic mass is 32.2. The predicted octanol–water partition coefficient (Wildman–Crippen LogP) is 1.72. The third kappa shape index (κ3) is 4.03. The van der Waals surface area contributed by atoms with Crippen molar-refractivity contribution in [1.82, 2.24) is 10.0 Å². The minimum Gasteiger partial charge on any atom is -0.313 e. The molecule has 19 heavy (non-hydrogen) atoms. The van der Waals surface area contributed by atoms with Crippen LogP contribution in [0.5, 0.6) is 0 Å². The molecule has 0 amide bonds. The lowest BCUT2D eigenvalue weighted by Crippen LogP contribution is -2.43. The fourth-order valence-corrected chi connectivity index (χ4v) is 3.75. The van der Waals surface area contributed by atoms with Crippen molar-refractivity contribution in [1.29, 1.82) is 0 Å². The number of nitrogens with one attached hydrogen (secondary N) is 2. The molecule has 1 aliphatic heterocycles. The second kappa shape index (κ2) is 6.03. The van der Waals surface area contributed by atoms with Crippen LogP contribution in [0.25, 0.3) is 0 Å². The van der Waals surface area contributed by atoms with Gasteiger partial charge in [0.25, 0.3) is 0 Å². The summed E-state index contributed by atoms with van der Waals surface area (Å²) in [5, 5.41) is 3.34. The van der Waals surface area contributed by atoms with Crippen LogP contribution in [0.3, 0.4) is 0 Å². The zero-order chi connectivity index (χ0) is 13.9. The summed E-state index contributed by atoms with van der Waals surface area (Å²) in [6.07, 6.45) is 3.39. The molecule has 5 heteroatoms. The van der Waals surface area contributed by atoms with E-state index in [1.165, 1.54) is 12.8 Å². The van der Waals surface area contributed by atoms with Gasteiger partial charge < -0.3 is 5.32 Å². The molecule has 0 spiro atoms. The molecular formula is C14H22N2O2S. The molecule has 0 aromatic heterocycles. The summed E-state index contributed by atoms with van der Waals surface area (Å²) >= 11 is 0. The Bertz CT molecular complexity index is 514. The summed E-state index contributed by atoms with van der Waals surface area (Å²) in [7, 11) is -3.39. The maximum absolute atomic E-state index is 12.2. The maximum atomic E-state index is 12.2. The van der Waals surface area contributed by atoms with Crippen molar-refractivity contribution in [3.63, 3.8) is 0 Å². The van der Waals surface area contributed by atoms with E-state index >= 15 is 0 Å². The molecule has 2 N–H and O–H groups in total. The second-order valence-electron chi connectivity index (χ2n) is 5.32. The Balaban J connectivity index is 2.04. The Morgan fingerprint density at radius 3 is 2.47 bits per heavy atom. The maximum Gasteiger partial charge on any atom is 0.240 e. The predicted molar refractivity (Wildman–Crippen MR) is 76.7 cm³/mol. The van der Waals surface area contributed by atoms with Gasteiger partial charge in [-0.05, 0) is 56.5 Å². The van der Waals surface area contributed by atoms with Crippen molar-refractivity contribution in [2.75, 3.05) is 13.1 Å². The number of aryl methyl sites for hydroxylation is 2. The van der Waals surface area contributed by atoms with Gasteiger partial charge in [0.1, 0.15) is 0 Å². The first kappa shape index (κ1) is 14.5. The van der Waals surface area contributed by atoms with Crippen LogP contribution >= 0.6 is 0 Å². The van der Waals surface area contributed by atoms with Crippen molar-refractivity contribution >= 4 is 10.0 Å². The third-order valence-electron chi connectivity index (χ3n) is 3.44. The quantitative estimate of drug-likeness (QED) is 0.884. The van der Waals surface area contributed by atoms with Crippen LogP contribution in [0.1, 0.15) is 30.4 Å². The average molecular weight is 282 g/mol. The topological polar surface area (TPSA) is 58.2 Å². The van der Waals surface area contributed by atoms with E-state index < -0.39 is 10.0 Å². The Morgan fingerprint density at radius 2 is 1.89 bits per heavy atom. The molecule has 0 radical (unpaired) electrons. The summed E-state index contributed by atoms with van der Waals surface area (Å²) in [4.78, 5) is 0.362. The van der Waals surface area contributed by atoms with Crippen LogP contribution in [0, 0.1) is 13.8 Å². The van der Waals surface area contributed by atoms with Crippen molar-refractivity contribution in [2.24, 2.45) is 0 Å². The molecule has 1 saturated heterocycles. The number of benzene rings is 1. The number of sulfonamides is 1. The smallest absolute Gasteiger partial charge is 0.240 e. The summed E-state index contributed by atoms with van der Waals surface area (Å²) in [5.41, 5.74) is 1.94. The molecule has 4 nitrogen and oxygen atoms in total. The highest BCUT2D eigenvalue weighted by Gasteiger charge is 2.18. The Kier molecular flexibility index (Phi) is 4.60. The van der Waals surface area contributed by atoms with Gasteiger partial charge in [0.05, 0.1) is 4.90 Å². The largest absolute Gasteiger partial charge is 0.313 e. The van der Waals surface area contributed by atoms with Crippen LogP contribution in [0.4, 0.5) is 0 Å². The molecule has 1 aliphatic rings. The standard InChI is InChI=1S/C14H22N2O2S/c1-11-7-12(2)9-14(8-11)19(17,18)16-10-13-5-3-4-6-15-13/h7-9,13,15-16H,3-6,10H2,1-2H3. The normalized spacial score (nSPS) is 20.4. The first-order chi connectivity index (χ1) is 8.97.